The summed E-state index contributed by atoms with van der Waals surface area (Å²) in [5.74, 6) is 0. The van der Waals surface area contributed by atoms with Gasteiger partial charge in [-0.15, -0.1) is 0 Å². The summed E-state index contributed by atoms with van der Waals surface area (Å²) in [7, 11) is 0. The fourth-order valence-electron chi connectivity index (χ4n) is 2.41. The van der Waals surface area contributed by atoms with Crippen LogP contribution in [-0.4, -0.2) is 12.1 Å². The van der Waals surface area contributed by atoms with Crippen molar-refractivity contribution in [3.63, 3.8) is 0 Å². The lowest BCUT2D eigenvalue weighted by Crippen LogP contribution is -2.39. The maximum Gasteiger partial charge on any atom is 0.0992 e. The SMILES string of the molecule is N#Cc1cccc(NC2CCCCCC2N)c1. The lowest BCUT2D eigenvalue weighted by molar-refractivity contribution is 0.528. The van der Waals surface area contributed by atoms with Gasteiger partial charge in [0.1, 0.15) is 0 Å². The maximum absolute atomic E-state index is 8.86. The molecule has 1 aromatic carbocycles. The molecular weight excluding hydrogens is 210 g/mol. The Balaban J connectivity index is 2.05. The normalized spacial score (nSPS) is 24.7. The van der Waals surface area contributed by atoms with E-state index in [2.05, 4.69) is 11.4 Å². The molecule has 0 amide bonds. The van der Waals surface area contributed by atoms with Crippen LogP contribution >= 0.6 is 0 Å². The largest absolute Gasteiger partial charge is 0.381 e. The topological polar surface area (TPSA) is 61.8 Å². The molecule has 0 spiro atoms. The van der Waals surface area contributed by atoms with Gasteiger partial charge in [-0.3, -0.25) is 0 Å². The number of anilines is 1. The quantitative estimate of drug-likeness (QED) is 0.766. The molecule has 1 fully saturated rings. The highest BCUT2D eigenvalue weighted by molar-refractivity contribution is 5.50. The summed E-state index contributed by atoms with van der Waals surface area (Å²) in [5, 5.41) is 12.3. The van der Waals surface area contributed by atoms with E-state index in [1.165, 1.54) is 19.3 Å². The van der Waals surface area contributed by atoms with Crippen LogP contribution in [0.5, 0.6) is 0 Å². The lowest BCUT2D eigenvalue weighted by atomic mass is 10.0. The molecule has 0 aromatic heterocycles. The number of benzene rings is 1. The van der Waals surface area contributed by atoms with E-state index in [4.69, 9.17) is 11.0 Å². The molecule has 90 valence electrons. The molecule has 3 heteroatoms. The van der Waals surface area contributed by atoms with Gasteiger partial charge >= 0.3 is 0 Å². The molecule has 0 bridgehead atoms. The first-order valence-corrected chi connectivity index (χ1v) is 6.32. The van der Waals surface area contributed by atoms with Gasteiger partial charge in [0.05, 0.1) is 11.6 Å². The molecule has 2 atom stereocenters. The monoisotopic (exact) mass is 229 g/mol. The molecule has 0 heterocycles. The molecule has 3 N–H and O–H groups in total. The Morgan fingerprint density at radius 3 is 2.88 bits per heavy atom. The molecular formula is C14H19N3. The van der Waals surface area contributed by atoms with Crippen LogP contribution in [0, 0.1) is 11.3 Å². The van der Waals surface area contributed by atoms with Gasteiger partial charge in [-0.1, -0.05) is 25.3 Å². The van der Waals surface area contributed by atoms with E-state index < -0.39 is 0 Å². The summed E-state index contributed by atoms with van der Waals surface area (Å²) in [6.07, 6.45) is 5.97. The van der Waals surface area contributed by atoms with Crippen molar-refractivity contribution in [2.24, 2.45) is 5.73 Å². The van der Waals surface area contributed by atoms with Crippen molar-refractivity contribution in [2.75, 3.05) is 5.32 Å². The third-order valence-corrected chi connectivity index (χ3v) is 3.41. The molecule has 1 aromatic rings. The van der Waals surface area contributed by atoms with Gasteiger partial charge in [0.25, 0.3) is 0 Å². The number of hydrogen-bond acceptors (Lipinski definition) is 3. The highest BCUT2D eigenvalue weighted by Crippen LogP contribution is 2.21. The van der Waals surface area contributed by atoms with E-state index in [1.807, 2.05) is 24.3 Å². The van der Waals surface area contributed by atoms with Gasteiger partial charge in [0, 0.05) is 17.8 Å². The number of hydrogen-bond donors (Lipinski definition) is 2. The van der Waals surface area contributed by atoms with E-state index in [0.717, 1.165) is 18.5 Å². The van der Waals surface area contributed by atoms with E-state index in [1.54, 1.807) is 0 Å². The first kappa shape index (κ1) is 11.9. The molecule has 0 aliphatic heterocycles. The lowest BCUT2D eigenvalue weighted by Gasteiger charge is -2.23. The van der Waals surface area contributed by atoms with E-state index in [9.17, 15) is 0 Å². The molecule has 17 heavy (non-hydrogen) atoms. The molecule has 0 saturated heterocycles. The first-order chi connectivity index (χ1) is 8.29. The zero-order chi connectivity index (χ0) is 12.1. The number of nitrogens with zero attached hydrogens (tertiary/aromatic N) is 1. The van der Waals surface area contributed by atoms with Crippen LogP contribution in [0.3, 0.4) is 0 Å². The fraction of sp³-hybridized carbons (Fsp3) is 0.500. The predicted octanol–water partition coefficient (Wildman–Crippen LogP) is 2.63. The maximum atomic E-state index is 8.86. The minimum atomic E-state index is 0.225. The average Bonchev–Trinajstić information content (AvgIpc) is 2.55. The van der Waals surface area contributed by atoms with E-state index in [-0.39, 0.29) is 6.04 Å². The van der Waals surface area contributed by atoms with Crippen LogP contribution in [0.25, 0.3) is 0 Å². The Morgan fingerprint density at radius 2 is 2.06 bits per heavy atom. The van der Waals surface area contributed by atoms with Gasteiger partial charge in [-0.2, -0.15) is 5.26 Å². The number of nitrogens with two attached hydrogens (primary N) is 1. The van der Waals surface area contributed by atoms with Gasteiger partial charge in [0.2, 0.25) is 0 Å². The summed E-state index contributed by atoms with van der Waals surface area (Å²) in [5.41, 5.74) is 7.87. The standard InChI is InChI=1S/C14H19N3/c15-10-11-5-4-6-12(9-11)17-14-8-3-1-2-7-13(14)16/h4-6,9,13-14,17H,1-3,7-8,16H2. The number of rotatable bonds is 2. The molecule has 1 aliphatic carbocycles. The van der Waals surface area contributed by atoms with Crippen LogP contribution in [0.15, 0.2) is 24.3 Å². The minimum absolute atomic E-state index is 0.225. The summed E-state index contributed by atoms with van der Waals surface area (Å²) in [6, 6.07) is 10.3. The molecule has 1 saturated carbocycles. The summed E-state index contributed by atoms with van der Waals surface area (Å²) < 4.78 is 0. The van der Waals surface area contributed by atoms with Crippen molar-refractivity contribution in [1.82, 2.24) is 0 Å². The fourth-order valence-corrected chi connectivity index (χ4v) is 2.41. The van der Waals surface area contributed by atoms with Crippen molar-refractivity contribution < 1.29 is 0 Å². The Kier molecular flexibility index (Phi) is 4.00. The highest BCUT2D eigenvalue weighted by Gasteiger charge is 2.19. The summed E-state index contributed by atoms with van der Waals surface area (Å²) >= 11 is 0. The van der Waals surface area contributed by atoms with Crippen LogP contribution in [0.4, 0.5) is 5.69 Å². The van der Waals surface area contributed by atoms with Crippen LogP contribution < -0.4 is 11.1 Å². The number of nitriles is 1. The molecule has 0 radical (unpaired) electrons. The van der Waals surface area contributed by atoms with E-state index in [0.29, 0.717) is 11.6 Å². The van der Waals surface area contributed by atoms with Crippen molar-refractivity contribution in [3.05, 3.63) is 29.8 Å². The van der Waals surface area contributed by atoms with Gasteiger partial charge in [-0.25, -0.2) is 0 Å². The predicted molar refractivity (Wildman–Crippen MR) is 69.6 cm³/mol. The Hall–Kier alpha value is -1.53. The molecule has 1 aliphatic rings. The van der Waals surface area contributed by atoms with Crippen molar-refractivity contribution in [3.8, 4) is 6.07 Å². The van der Waals surface area contributed by atoms with Crippen molar-refractivity contribution >= 4 is 5.69 Å². The second kappa shape index (κ2) is 5.70. The third-order valence-electron chi connectivity index (χ3n) is 3.41. The van der Waals surface area contributed by atoms with Crippen LogP contribution in [-0.2, 0) is 0 Å². The summed E-state index contributed by atoms with van der Waals surface area (Å²) in [6.45, 7) is 0. The third kappa shape index (κ3) is 3.21. The first-order valence-electron chi connectivity index (χ1n) is 6.32. The highest BCUT2D eigenvalue weighted by atomic mass is 15.0. The van der Waals surface area contributed by atoms with Gasteiger partial charge in [-0.05, 0) is 31.0 Å². The second-order valence-electron chi connectivity index (χ2n) is 4.75. The molecule has 2 unspecified atom stereocenters. The van der Waals surface area contributed by atoms with Crippen molar-refractivity contribution in [2.45, 2.75) is 44.2 Å². The van der Waals surface area contributed by atoms with Crippen LogP contribution in [0.2, 0.25) is 0 Å². The van der Waals surface area contributed by atoms with Gasteiger partial charge in [0.15, 0.2) is 0 Å². The second-order valence-corrected chi connectivity index (χ2v) is 4.75. The Labute approximate surface area is 103 Å². The summed E-state index contributed by atoms with van der Waals surface area (Å²) in [4.78, 5) is 0. The zero-order valence-electron chi connectivity index (χ0n) is 10.0. The Morgan fingerprint density at radius 1 is 1.24 bits per heavy atom. The minimum Gasteiger partial charge on any atom is -0.381 e. The molecule has 2 rings (SSSR count). The van der Waals surface area contributed by atoms with Crippen LogP contribution in [0.1, 0.15) is 37.7 Å². The average molecular weight is 229 g/mol. The number of nitrogens with one attached hydrogen (secondary N) is 1. The molecule has 3 nitrogen and oxygen atoms in total. The van der Waals surface area contributed by atoms with Gasteiger partial charge < -0.3 is 11.1 Å². The Bertz CT molecular complexity index is 408. The smallest absolute Gasteiger partial charge is 0.0992 e. The van der Waals surface area contributed by atoms with Crippen molar-refractivity contribution in [1.29, 1.82) is 5.26 Å². The zero-order valence-corrected chi connectivity index (χ0v) is 10.0. The van der Waals surface area contributed by atoms with E-state index >= 15 is 0 Å².